The summed E-state index contributed by atoms with van der Waals surface area (Å²) in [6.45, 7) is 6.65. The molecule has 0 radical (unpaired) electrons. The second-order valence-electron chi connectivity index (χ2n) is 6.35. The van der Waals surface area contributed by atoms with Gasteiger partial charge in [-0.1, -0.05) is 13.8 Å². The number of nitrogens with one attached hydrogen (secondary N) is 1. The molecule has 0 spiro atoms. The number of carbonyl (C=O) groups excluding carboxylic acids is 1. The Morgan fingerprint density at radius 3 is 2.90 bits per heavy atom. The minimum absolute atomic E-state index is 0.134. The van der Waals surface area contributed by atoms with Crippen LogP contribution in [0.25, 0.3) is 0 Å². The second-order valence-corrected chi connectivity index (χ2v) is 6.35. The van der Waals surface area contributed by atoms with Crippen LogP contribution in [-0.4, -0.2) is 41.6 Å². The van der Waals surface area contributed by atoms with E-state index in [-0.39, 0.29) is 23.1 Å². The maximum absolute atomic E-state index is 12.3. The Labute approximate surface area is 126 Å². The van der Waals surface area contributed by atoms with Gasteiger partial charge in [-0.3, -0.25) is 9.59 Å². The highest BCUT2D eigenvalue weighted by Gasteiger charge is 2.21. The first kappa shape index (κ1) is 15.8. The molecule has 1 aliphatic rings. The SMILES string of the molecule is CC(C)Cn1cccc(C(=O)N[C@H]2CCCN(C)C2)c1=O. The summed E-state index contributed by atoms with van der Waals surface area (Å²) in [6, 6.07) is 3.52. The van der Waals surface area contributed by atoms with Gasteiger partial charge in [-0.05, 0) is 44.5 Å². The molecule has 5 heteroatoms. The van der Waals surface area contributed by atoms with Crippen LogP contribution in [0, 0.1) is 5.92 Å². The lowest BCUT2D eigenvalue weighted by Crippen LogP contribution is -2.47. The average molecular weight is 291 g/mol. The first-order valence-corrected chi connectivity index (χ1v) is 7.66. The van der Waals surface area contributed by atoms with Crippen molar-refractivity contribution in [2.75, 3.05) is 20.1 Å². The number of amides is 1. The smallest absolute Gasteiger partial charge is 0.263 e. The van der Waals surface area contributed by atoms with E-state index in [1.54, 1.807) is 22.9 Å². The number of hydrogen-bond donors (Lipinski definition) is 1. The third-order valence-electron chi connectivity index (χ3n) is 3.79. The Morgan fingerprint density at radius 1 is 1.48 bits per heavy atom. The Bertz CT molecular complexity index is 551. The molecule has 1 aromatic rings. The van der Waals surface area contributed by atoms with E-state index in [4.69, 9.17) is 0 Å². The molecule has 0 bridgehead atoms. The van der Waals surface area contributed by atoms with Crippen LogP contribution in [0.1, 0.15) is 37.0 Å². The summed E-state index contributed by atoms with van der Waals surface area (Å²) in [6.07, 6.45) is 3.80. The number of likely N-dealkylation sites (N-methyl/N-ethyl adjacent to an activating group) is 1. The number of nitrogens with zero attached hydrogens (tertiary/aromatic N) is 2. The summed E-state index contributed by atoms with van der Waals surface area (Å²) in [5, 5.41) is 2.99. The van der Waals surface area contributed by atoms with Crippen LogP contribution >= 0.6 is 0 Å². The molecule has 0 saturated carbocycles. The predicted octanol–water partition coefficient (Wildman–Crippen LogP) is 1.33. The van der Waals surface area contributed by atoms with Gasteiger partial charge in [0, 0.05) is 25.3 Å². The molecule has 0 aliphatic carbocycles. The van der Waals surface area contributed by atoms with E-state index in [1.165, 1.54) is 0 Å². The Balaban J connectivity index is 2.10. The summed E-state index contributed by atoms with van der Waals surface area (Å²) < 4.78 is 1.62. The third kappa shape index (κ3) is 4.17. The maximum atomic E-state index is 12.3. The highest BCUT2D eigenvalue weighted by atomic mass is 16.2. The van der Waals surface area contributed by atoms with Crippen LogP contribution < -0.4 is 10.9 Å². The Morgan fingerprint density at radius 2 is 2.24 bits per heavy atom. The largest absolute Gasteiger partial charge is 0.348 e. The van der Waals surface area contributed by atoms with E-state index >= 15 is 0 Å². The van der Waals surface area contributed by atoms with Gasteiger partial charge >= 0.3 is 0 Å². The topological polar surface area (TPSA) is 54.3 Å². The Kier molecular flexibility index (Phi) is 5.17. The lowest BCUT2D eigenvalue weighted by atomic mass is 10.1. The van der Waals surface area contributed by atoms with Crippen LogP contribution in [0.15, 0.2) is 23.1 Å². The zero-order valence-electron chi connectivity index (χ0n) is 13.1. The molecule has 5 nitrogen and oxygen atoms in total. The number of rotatable bonds is 4. The van der Waals surface area contributed by atoms with Crippen molar-refractivity contribution in [1.82, 2.24) is 14.8 Å². The van der Waals surface area contributed by atoms with Gasteiger partial charge < -0.3 is 14.8 Å². The van der Waals surface area contributed by atoms with Gasteiger partial charge in [-0.15, -0.1) is 0 Å². The van der Waals surface area contributed by atoms with Gasteiger partial charge in [0.1, 0.15) is 5.56 Å². The summed E-state index contributed by atoms with van der Waals surface area (Å²) in [7, 11) is 2.05. The zero-order chi connectivity index (χ0) is 15.4. The molecule has 21 heavy (non-hydrogen) atoms. The number of hydrogen-bond acceptors (Lipinski definition) is 3. The number of pyridine rings is 1. The van der Waals surface area contributed by atoms with Crippen LogP contribution in [0.5, 0.6) is 0 Å². The molecule has 1 aliphatic heterocycles. The third-order valence-corrected chi connectivity index (χ3v) is 3.79. The van der Waals surface area contributed by atoms with Crippen molar-refractivity contribution in [3.63, 3.8) is 0 Å². The molecular weight excluding hydrogens is 266 g/mol. The normalized spacial score (nSPS) is 19.7. The van der Waals surface area contributed by atoms with E-state index in [9.17, 15) is 9.59 Å². The molecule has 2 rings (SSSR count). The molecule has 1 aromatic heterocycles. The highest BCUT2D eigenvalue weighted by molar-refractivity contribution is 5.94. The molecule has 1 N–H and O–H groups in total. The van der Waals surface area contributed by atoms with Crippen LogP contribution in [-0.2, 0) is 6.54 Å². The van der Waals surface area contributed by atoms with E-state index in [2.05, 4.69) is 31.1 Å². The number of carbonyl (C=O) groups is 1. The molecule has 1 saturated heterocycles. The van der Waals surface area contributed by atoms with Gasteiger partial charge in [0.25, 0.3) is 11.5 Å². The minimum atomic E-state index is -0.251. The lowest BCUT2D eigenvalue weighted by molar-refractivity contribution is 0.0910. The minimum Gasteiger partial charge on any atom is -0.348 e. The fourth-order valence-electron chi connectivity index (χ4n) is 2.79. The van der Waals surface area contributed by atoms with E-state index in [0.717, 1.165) is 25.9 Å². The number of aromatic nitrogens is 1. The van der Waals surface area contributed by atoms with Crippen LogP contribution in [0.4, 0.5) is 0 Å². The monoisotopic (exact) mass is 291 g/mol. The molecule has 2 heterocycles. The first-order valence-electron chi connectivity index (χ1n) is 7.66. The van der Waals surface area contributed by atoms with Gasteiger partial charge in [-0.2, -0.15) is 0 Å². The van der Waals surface area contributed by atoms with Gasteiger partial charge in [0.2, 0.25) is 0 Å². The van der Waals surface area contributed by atoms with Gasteiger partial charge in [0.15, 0.2) is 0 Å². The summed E-state index contributed by atoms with van der Waals surface area (Å²) in [5.41, 5.74) is 0.0410. The number of piperidine rings is 1. The molecule has 1 fully saturated rings. The van der Waals surface area contributed by atoms with Crippen molar-refractivity contribution in [2.24, 2.45) is 5.92 Å². The van der Waals surface area contributed by atoms with Crippen molar-refractivity contribution in [3.05, 3.63) is 34.2 Å². The van der Waals surface area contributed by atoms with Gasteiger partial charge in [-0.25, -0.2) is 0 Å². The average Bonchev–Trinajstić information content (AvgIpc) is 2.40. The van der Waals surface area contributed by atoms with Gasteiger partial charge in [0.05, 0.1) is 0 Å². The molecule has 0 unspecified atom stereocenters. The van der Waals surface area contributed by atoms with E-state index < -0.39 is 0 Å². The highest BCUT2D eigenvalue weighted by Crippen LogP contribution is 2.08. The zero-order valence-corrected chi connectivity index (χ0v) is 13.1. The molecule has 1 amide bonds. The van der Waals surface area contributed by atoms with Crippen molar-refractivity contribution >= 4 is 5.91 Å². The summed E-state index contributed by atoms with van der Waals surface area (Å²) in [4.78, 5) is 26.9. The fourth-order valence-corrected chi connectivity index (χ4v) is 2.79. The van der Waals surface area contributed by atoms with E-state index in [0.29, 0.717) is 12.5 Å². The summed E-state index contributed by atoms with van der Waals surface area (Å²) >= 11 is 0. The lowest BCUT2D eigenvalue weighted by Gasteiger charge is -2.30. The first-order chi connectivity index (χ1) is 9.97. The second kappa shape index (κ2) is 6.89. The standard InChI is InChI=1S/C16H25N3O2/c1-12(2)10-19-9-5-7-14(16(19)21)15(20)17-13-6-4-8-18(3)11-13/h5,7,9,12-13H,4,6,8,10-11H2,1-3H3,(H,17,20)/t13-/m0/s1. The van der Waals surface area contributed by atoms with Crippen molar-refractivity contribution < 1.29 is 4.79 Å². The molecular formula is C16H25N3O2. The van der Waals surface area contributed by atoms with Crippen molar-refractivity contribution in [2.45, 2.75) is 39.3 Å². The van der Waals surface area contributed by atoms with Crippen LogP contribution in [0.3, 0.4) is 0 Å². The predicted molar refractivity (Wildman–Crippen MR) is 83.5 cm³/mol. The Hall–Kier alpha value is -1.62. The van der Waals surface area contributed by atoms with E-state index in [1.807, 2.05) is 0 Å². The molecule has 116 valence electrons. The summed E-state index contributed by atoms with van der Waals surface area (Å²) in [5.74, 6) is 0.117. The molecule has 1 atom stereocenters. The number of likely N-dealkylation sites (tertiary alicyclic amines) is 1. The fraction of sp³-hybridized carbons (Fsp3) is 0.625. The maximum Gasteiger partial charge on any atom is 0.263 e. The van der Waals surface area contributed by atoms with Crippen molar-refractivity contribution in [3.8, 4) is 0 Å². The van der Waals surface area contributed by atoms with Crippen molar-refractivity contribution in [1.29, 1.82) is 0 Å². The van der Waals surface area contributed by atoms with Crippen LogP contribution in [0.2, 0.25) is 0 Å². The molecule has 0 aromatic carbocycles. The quantitative estimate of drug-likeness (QED) is 0.910.